The van der Waals surface area contributed by atoms with Crippen LogP contribution < -0.4 is 10.6 Å². The molecule has 0 aliphatic carbocycles. The van der Waals surface area contributed by atoms with Crippen LogP contribution in [0.4, 0.5) is 4.79 Å². The fourth-order valence-electron chi connectivity index (χ4n) is 2.41. The second kappa shape index (κ2) is 16.9. The minimum absolute atomic E-state index is 0.0665. The number of amides is 3. The monoisotopic (exact) mass is 371 g/mol. The number of likely N-dealkylation sites (tertiary alicyclic amines) is 1. The predicted octanol–water partition coefficient (Wildman–Crippen LogP) is 3.74. The summed E-state index contributed by atoms with van der Waals surface area (Å²) >= 11 is 0. The van der Waals surface area contributed by atoms with Gasteiger partial charge in [0.1, 0.15) is 11.8 Å². The van der Waals surface area contributed by atoms with E-state index in [9.17, 15) is 14.4 Å². The fourth-order valence-corrected chi connectivity index (χ4v) is 2.41. The van der Waals surface area contributed by atoms with Gasteiger partial charge in [0.2, 0.25) is 5.91 Å². The van der Waals surface area contributed by atoms with Crippen molar-refractivity contribution in [2.45, 2.75) is 86.1 Å². The largest absolute Gasteiger partial charge is 0.357 e. The molecule has 0 bridgehead atoms. The van der Waals surface area contributed by atoms with Gasteiger partial charge in [-0.1, -0.05) is 41.0 Å². The summed E-state index contributed by atoms with van der Waals surface area (Å²) in [6, 6.07) is -0.397. The summed E-state index contributed by atoms with van der Waals surface area (Å²) in [7, 11) is 1.60. The first-order chi connectivity index (χ1) is 12.3. The molecule has 0 aromatic heterocycles. The van der Waals surface area contributed by atoms with Crippen LogP contribution >= 0.6 is 0 Å². The SMILES string of the molecule is CC.CC(=O)CCC(C)C.CCCCNC(=O)N1CCC[C@H]1C(=O)NC. The Labute approximate surface area is 160 Å². The summed E-state index contributed by atoms with van der Waals surface area (Å²) in [5.41, 5.74) is 0. The third-order valence-corrected chi connectivity index (χ3v) is 3.94. The third kappa shape index (κ3) is 12.7. The second-order valence-electron chi connectivity index (χ2n) is 6.69. The topological polar surface area (TPSA) is 78.5 Å². The molecule has 1 atom stereocenters. The minimum Gasteiger partial charge on any atom is -0.357 e. The van der Waals surface area contributed by atoms with Gasteiger partial charge in [0.15, 0.2) is 0 Å². The van der Waals surface area contributed by atoms with E-state index in [0.717, 1.165) is 38.5 Å². The molecule has 154 valence electrons. The number of hydrogen-bond donors (Lipinski definition) is 2. The van der Waals surface area contributed by atoms with Crippen molar-refractivity contribution < 1.29 is 14.4 Å². The van der Waals surface area contributed by atoms with Crippen LogP contribution in [0.5, 0.6) is 0 Å². The first-order valence-corrected chi connectivity index (χ1v) is 10.1. The lowest BCUT2D eigenvalue weighted by Crippen LogP contribution is -2.49. The lowest BCUT2D eigenvalue weighted by Gasteiger charge is -2.23. The van der Waals surface area contributed by atoms with Crippen LogP contribution in [0.2, 0.25) is 0 Å². The normalized spacial score (nSPS) is 15.4. The van der Waals surface area contributed by atoms with Crippen molar-refractivity contribution in [2.75, 3.05) is 20.1 Å². The first-order valence-electron chi connectivity index (χ1n) is 10.1. The predicted molar refractivity (Wildman–Crippen MR) is 108 cm³/mol. The average molecular weight is 372 g/mol. The number of Topliss-reactive ketones (excluding diaryl/α,β-unsaturated/α-hetero) is 1. The Kier molecular flexibility index (Phi) is 17.3. The van der Waals surface area contributed by atoms with E-state index in [2.05, 4.69) is 31.4 Å². The number of carbonyl (C=O) groups is 3. The lowest BCUT2D eigenvalue weighted by atomic mass is 10.1. The van der Waals surface area contributed by atoms with Gasteiger partial charge >= 0.3 is 6.03 Å². The quantitative estimate of drug-likeness (QED) is 0.669. The van der Waals surface area contributed by atoms with Gasteiger partial charge in [-0.15, -0.1) is 0 Å². The van der Waals surface area contributed by atoms with E-state index in [1.807, 2.05) is 13.8 Å². The summed E-state index contributed by atoms with van der Waals surface area (Å²) in [5, 5.41) is 5.44. The second-order valence-corrected chi connectivity index (χ2v) is 6.69. The highest BCUT2D eigenvalue weighted by Gasteiger charge is 2.33. The Hall–Kier alpha value is -1.59. The molecule has 6 nitrogen and oxygen atoms in total. The zero-order valence-corrected chi connectivity index (χ0v) is 18.0. The van der Waals surface area contributed by atoms with Crippen molar-refractivity contribution in [3.05, 3.63) is 0 Å². The number of likely N-dealkylation sites (N-methyl/N-ethyl adjacent to an activating group) is 1. The van der Waals surface area contributed by atoms with Crippen LogP contribution in [-0.4, -0.2) is 48.8 Å². The molecule has 3 amide bonds. The minimum atomic E-state index is -0.286. The van der Waals surface area contributed by atoms with E-state index in [1.165, 1.54) is 0 Å². The van der Waals surface area contributed by atoms with E-state index in [4.69, 9.17) is 0 Å². The number of nitrogens with one attached hydrogen (secondary N) is 2. The number of hydrogen-bond acceptors (Lipinski definition) is 3. The van der Waals surface area contributed by atoms with E-state index < -0.39 is 0 Å². The molecule has 1 aliphatic rings. The Morgan fingerprint density at radius 3 is 2.23 bits per heavy atom. The van der Waals surface area contributed by atoms with Gasteiger partial charge in [0.05, 0.1) is 0 Å². The zero-order chi connectivity index (χ0) is 20.5. The van der Waals surface area contributed by atoms with Crippen molar-refractivity contribution >= 4 is 17.7 Å². The van der Waals surface area contributed by atoms with Crippen molar-refractivity contribution in [3.8, 4) is 0 Å². The highest BCUT2D eigenvalue weighted by molar-refractivity contribution is 5.87. The maximum Gasteiger partial charge on any atom is 0.318 e. The highest BCUT2D eigenvalue weighted by atomic mass is 16.2. The summed E-state index contributed by atoms with van der Waals surface area (Å²) in [4.78, 5) is 35.3. The molecule has 0 radical (unpaired) electrons. The molecular formula is C20H41N3O3. The Morgan fingerprint density at radius 2 is 1.81 bits per heavy atom. The van der Waals surface area contributed by atoms with Crippen LogP contribution in [0.3, 0.4) is 0 Å². The molecule has 26 heavy (non-hydrogen) atoms. The van der Waals surface area contributed by atoms with Gasteiger partial charge in [-0.2, -0.15) is 0 Å². The Balaban J connectivity index is 0. The summed E-state index contributed by atoms with van der Waals surface area (Å²) in [5.74, 6) is 0.903. The van der Waals surface area contributed by atoms with Crippen LogP contribution in [0.15, 0.2) is 0 Å². The number of rotatable bonds is 7. The molecule has 0 spiro atoms. The molecule has 1 fully saturated rings. The van der Waals surface area contributed by atoms with E-state index in [1.54, 1.807) is 18.9 Å². The zero-order valence-electron chi connectivity index (χ0n) is 18.0. The summed E-state index contributed by atoms with van der Waals surface area (Å²) in [6.45, 7) is 13.3. The number of unbranched alkanes of at least 4 members (excludes halogenated alkanes) is 1. The molecular weight excluding hydrogens is 330 g/mol. The van der Waals surface area contributed by atoms with Crippen LogP contribution in [0.1, 0.15) is 80.1 Å². The summed E-state index contributed by atoms with van der Waals surface area (Å²) in [6.07, 6.45) is 5.48. The molecule has 0 aromatic rings. The van der Waals surface area contributed by atoms with Gasteiger partial charge in [0, 0.05) is 26.6 Å². The first kappa shape index (κ1) is 26.6. The summed E-state index contributed by atoms with van der Waals surface area (Å²) < 4.78 is 0. The van der Waals surface area contributed by atoms with E-state index in [0.29, 0.717) is 24.8 Å². The molecule has 1 aliphatic heterocycles. The lowest BCUT2D eigenvalue weighted by molar-refractivity contribution is -0.124. The maximum absolute atomic E-state index is 11.8. The fraction of sp³-hybridized carbons (Fsp3) is 0.850. The van der Waals surface area contributed by atoms with Gasteiger partial charge in [0.25, 0.3) is 0 Å². The van der Waals surface area contributed by atoms with Gasteiger partial charge in [-0.3, -0.25) is 4.79 Å². The molecule has 2 N–H and O–H groups in total. The Bertz CT molecular complexity index is 398. The molecule has 6 heteroatoms. The van der Waals surface area contributed by atoms with Gasteiger partial charge < -0.3 is 20.3 Å². The van der Waals surface area contributed by atoms with Crippen LogP contribution in [0.25, 0.3) is 0 Å². The average Bonchev–Trinajstić information content (AvgIpc) is 3.11. The number of urea groups is 1. The highest BCUT2D eigenvalue weighted by Crippen LogP contribution is 2.17. The Morgan fingerprint density at radius 1 is 1.19 bits per heavy atom. The van der Waals surface area contributed by atoms with Crippen molar-refractivity contribution in [2.24, 2.45) is 5.92 Å². The van der Waals surface area contributed by atoms with E-state index in [-0.39, 0.29) is 18.0 Å². The molecule has 0 saturated carbocycles. The van der Waals surface area contributed by atoms with Crippen molar-refractivity contribution in [3.63, 3.8) is 0 Å². The number of ketones is 1. The molecule has 1 saturated heterocycles. The number of nitrogens with zero attached hydrogens (tertiary/aromatic N) is 1. The molecule has 0 unspecified atom stereocenters. The van der Waals surface area contributed by atoms with Gasteiger partial charge in [-0.25, -0.2) is 4.79 Å². The van der Waals surface area contributed by atoms with E-state index >= 15 is 0 Å². The van der Waals surface area contributed by atoms with Crippen LogP contribution in [-0.2, 0) is 9.59 Å². The van der Waals surface area contributed by atoms with Crippen molar-refractivity contribution in [1.29, 1.82) is 0 Å². The molecule has 1 rings (SSSR count). The van der Waals surface area contributed by atoms with Crippen molar-refractivity contribution in [1.82, 2.24) is 15.5 Å². The molecule has 1 heterocycles. The van der Waals surface area contributed by atoms with Crippen LogP contribution in [0, 0.1) is 5.92 Å². The smallest absolute Gasteiger partial charge is 0.318 e. The maximum atomic E-state index is 11.8. The standard InChI is InChI=1S/C11H21N3O2.C7H14O.C2H6/c1-3-4-7-13-11(16)14-8-5-6-9(14)10(15)12-2;1-6(2)4-5-7(3)8;1-2/h9H,3-8H2,1-2H3,(H,12,15)(H,13,16);6H,4-5H2,1-3H3;1-2H3/t9-;;/m0../s1. The van der Waals surface area contributed by atoms with Gasteiger partial charge in [-0.05, 0) is 38.5 Å². The third-order valence-electron chi connectivity index (χ3n) is 3.94. The molecule has 0 aromatic carbocycles. The number of carbonyl (C=O) groups excluding carboxylic acids is 3.